The van der Waals surface area contributed by atoms with Gasteiger partial charge in [-0.1, -0.05) is 77.0 Å². The third-order valence-electron chi connectivity index (χ3n) is 4.53. The highest BCUT2D eigenvalue weighted by Crippen LogP contribution is 2.15. The van der Waals surface area contributed by atoms with Crippen molar-refractivity contribution in [3.8, 4) is 0 Å². The molecule has 144 valence electrons. The lowest BCUT2D eigenvalue weighted by Crippen LogP contribution is -2.23. The summed E-state index contributed by atoms with van der Waals surface area (Å²) in [5, 5.41) is 0. The van der Waals surface area contributed by atoms with E-state index in [0.717, 1.165) is 25.7 Å². The zero-order chi connectivity index (χ0) is 18.8. The van der Waals surface area contributed by atoms with Crippen LogP contribution >= 0.6 is 0 Å². The van der Waals surface area contributed by atoms with Crippen molar-refractivity contribution in [2.75, 3.05) is 7.11 Å². The lowest BCUT2D eigenvalue weighted by molar-refractivity contribution is -0.148. The lowest BCUT2D eigenvalue weighted by Gasteiger charge is -2.11. The van der Waals surface area contributed by atoms with Crippen molar-refractivity contribution in [1.29, 1.82) is 0 Å². The largest absolute Gasteiger partial charge is 0.468 e. The topological polar surface area (TPSA) is 43.4 Å². The number of methoxy groups -OCH3 is 1. The van der Waals surface area contributed by atoms with E-state index >= 15 is 0 Å². The number of rotatable bonds is 17. The summed E-state index contributed by atoms with van der Waals surface area (Å²) in [5.41, 5.74) is 0. The van der Waals surface area contributed by atoms with Crippen molar-refractivity contribution in [1.82, 2.24) is 0 Å². The average molecular weight is 351 g/mol. The minimum absolute atomic E-state index is 0.232. The fraction of sp³-hybridized carbons (Fsp3) is 0.727. The van der Waals surface area contributed by atoms with Crippen LogP contribution in [-0.4, -0.2) is 18.9 Å². The molecule has 3 heteroatoms. The van der Waals surface area contributed by atoms with Crippen LogP contribution in [0.25, 0.3) is 0 Å². The summed E-state index contributed by atoms with van der Waals surface area (Å²) in [6.45, 7) is 5.70. The molecule has 1 atom stereocenters. The predicted octanol–water partition coefficient (Wildman–Crippen LogP) is 6.18. The molecule has 0 radical (unpaired) electrons. The van der Waals surface area contributed by atoms with E-state index in [1.54, 1.807) is 0 Å². The quantitative estimate of drug-likeness (QED) is 0.103. The van der Waals surface area contributed by atoms with E-state index < -0.39 is 11.9 Å². The van der Waals surface area contributed by atoms with E-state index in [0.29, 0.717) is 6.42 Å². The molecule has 0 bridgehead atoms. The highest BCUT2D eigenvalue weighted by Gasteiger charge is 2.24. The second-order valence-corrected chi connectivity index (χ2v) is 6.70. The zero-order valence-electron chi connectivity index (χ0n) is 16.4. The fourth-order valence-electron chi connectivity index (χ4n) is 2.90. The van der Waals surface area contributed by atoms with Crippen molar-refractivity contribution >= 4 is 11.8 Å². The number of hydrogen-bond acceptors (Lipinski definition) is 3. The predicted molar refractivity (Wildman–Crippen MR) is 106 cm³/mol. The molecule has 0 aromatic heterocycles. The van der Waals surface area contributed by atoms with Crippen LogP contribution in [0.2, 0.25) is 0 Å². The number of unbranched alkanes of at least 4 members (excludes halogenated alkanes) is 10. The Labute approximate surface area is 154 Å². The Kier molecular flexibility index (Phi) is 16.5. The minimum atomic E-state index is -0.667. The minimum Gasteiger partial charge on any atom is -0.468 e. The van der Waals surface area contributed by atoms with Gasteiger partial charge in [-0.3, -0.25) is 9.59 Å². The summed E-state index contributed by atoms with van der Waals surface area (Å²) in [7, 11) is 1.32. The first kappa shape index (κ1) is 23.6. The molecule has 0 aliphatic heterocycles. The highest BCUT2D eigenvalue weighted by atomic mass is 16.5. The Hall–Kier alpha value is -1.38. The van der Waals surface area contributed by atoms with Gasteiger partial charge in [0, 0.05) is 0 Å². The van der Waals surface area contributed by atoms with Crippen molar-refractivity contribution in [2.45, 2.75) is 90.4 Å². The summed E-state index contributed by atoms with van der Waals surface area (Å²) < 4.78 is 4.69. The molecular weight excluding hydrogens is 312 g/mol. The Balaban J connectivity index is 3.56. The van der Waals surface area contributed by atoms with Crippen LogP contribution in [0.15, 0.2) is 24.8 Å². The van der Waals surface area contributed by atoms with E-state index in [2.05, 4.69) is 30.4 Å². The van der Waals surface area contributed by atoms with Crippen LogP contribution in [0.4, 0.5) is 0 Å². The molecule has 0 N–H and O–H groups in total. The van der Waals surface area contributed by atoms with Crippen LogP contribution in [0.5, 0.6) is 0 Å². The summed E-state index contributed by atoms with van der Waals surface area (Å²) in [4.78, 5) is 23.2. The number of hydrogen-bond donors (Lipinski definition) is 0. The SMILES string of the molecule is C=CC(=O)C(CCCCCC/C=C\CCCCCCCC)C(=O)OC. The summed E-state index contributed by atoms with van der Waals surface area (Å²) in [5.74, 6) is -1.34. The molecule has 0 saturated heterocycles. The number of ether oxygens (including phenoxy) is 1. The Morgan fingerprint density at radius 2 is 1.40 bits per heavy atom. The molecule has 0 aliphatic carbocycles. The maximum absolute atomic E-state index is 11.6. The molecule has 0 aromatic carbocycles. The van der Waals surface area contributed by atoms with Gasteiger partial charge in [-0.15, -0.1) is 0 Å². The summed E-state index contributed by atoms with van der Waals surface area (Å²) in [6.07, 6.45) is 21.1. The molecule has 0 spiro atoms. The molecule has 0 heterocycles. The van der Waals surface area contributed by atoms with Crippen molar-refractivity contribution in [2.24, 2.45) is 5.92 Å². The van der Waals surface area contributed by atoms with Crippen molar-refractivity contribution in [3.05, 3.63) is 24.8 Å². The number of allylic oxidation sites excluding steroid dienone is 3. The molecule has 0 aliphatic rings. The Morgan fingerprint density at radius 3 is 1.92 bits per heavy atom. The van der Waals surface area contributed by atoms with Crippen LogP contribution in [-0.2, 0) is 14.3 Å². The van der Waals surface area contributed by atoms with E-state index in [4.69, 9.17) is 0 Å². The van der Waals surface area contributed by atoms with Gasteiger partial charge in [-0.05, 0) is 38.2 Å². The molecular formula is C22H38O3. The molecule has 3 nitrogen and oxygen atoms in total. The first-order chi connectivity index (χ1) is 12.2. The molecule has 25 heavy (non-hydrogen) atoms. The van der Waals surface area contributed by atoms with Crippen LogP contribution in [0.1, 0.15) is 90.4 Å². The monoisotopic (exact) mass is 350 g/mol. The standard InChI is InChI=1S/C22H38O3/c1-4-6-7-8-9-10-11-12-13-14-15-16-17-18-19-20(21(23)5-2)22(24)25-3/h5,12-13,20H,2,4,6-11,14-19H2,1,3H3/b13-12-. The third-order valence-corrected chi connectivity index (χ3v) is 4.53. The van der Waals surface area contributed by atoms with Gasteiger partial charge < -0.3 is 4.74 Å². The number of esters is 1. The van der Waals surface area contributed by atoms with E-state index in [9.17, 15) is 9.59 Å². The second kappa shape index (κ2) is 17.4. The third kappa shape index (κ3) is 13.6. The summed E-state index contributed by atoms with van der Waals surface area (Å²) >= 11 is 0. The Morgan fingerprint density at radius 1 is 0.880 bits per heavy atom. The van der Waals surface area contributed by atoms with Gasteiger partial charge in [-0.2, -0.15) is 0 Å². The normalized spacial score (nSPS) is 12.2. The van der Waals surface area contributed by atoms with E-state index in [1.165, 1.54) is 64.6 Å². The maximum atomic E-state index is 11.6. The smallest absolute Gasteiger partial charge is 0.316 e. The fourth-order valence-corrected chi connectivity index (χ4v) is 2.90. The number of carbonyl (C=O) groups is 2. The van der Waals surface area contributed by atoms with Gasteiger partial charge in [-0.25, -0.2) is 0 Å². The van der Waals surface area contributed by atoms with Crippen LogP contribution in [0, 0.1) is 5.92 Å². The zero-order valence-corrected chi connectivity index (χ0v) is 16.4. The first-order valence-corrected chi connectivity index (χ1v) is 10.1. The van der Waals surface area contributed by atoms with Crippen molar-refractivity contribution in [3.63, 3.8) is 0 Å². The van der Waals surface area contributed by atoms with Gasteiger partial charge in [0.2, 0.25) is 0 Å². The highest BCUT2D eigenvalue weighted by molar-refractivity contribution is 6.04. The average Bonchev–Trinajstić information content (AvgIpc) is 2.63. The maximum Gasteiger partial charge on any atom is 0.316 e. The Bertz CT molecular complexity index is 385. The molecule has 0 saturated carbocycles. The molecule has 1 unspecified atom stereocenters. The summed E-state index contributed by atoms with van der Waals surface area (Å²) in [6, 6.07) is 0. The number of carbonyl (C=O) groups excluding carboxylic acids is 2. The van der Waals surface area contributed by atoms with Crippen LogP contribution < -0.4 is 0 Å². The van der Waals surface area contributed by atoms with Crippen LogP contribution in [0.3, 0.4) is 0 Å². The first-order valence-electron chi connectivity index (χ1n) is 10.1. The molecule has 0 amide bonds. The van der Waals surface area contributed by atoms with Gasteiger partial charge in [0.25, 0.3) is 0 Å². The second-order valence-electron chi connectivity index (χ2n) is 6.70. The van der Waals surface area contributed by atoms with E-state index in [1.807, 2.05) is 0 Å². The van der Waals surface area contributed by atoms with Crippen molar-refractivity contribution < 1.29 is 14.3 Å². The van der Waals surface area contributed by atoms with Gasteiger partial charge in [0.1, 0.15) is 5.92 Å². The number of ketones is 1. The van der Waals surface area contributed by atoms with Gasteiger partial charge in [0.15, 0.2) is 5.78 Å². The molecule has 0 fully saturated rings. The van der Waals surface area contributed by atoms with E-state index in [-0.39, 0.29) is 5.78 Å². The lowest BCUT2D eigenvalue weighted by atomic mass is 9.96. The molecule has 0 aromatic rings. The van der Waals surface area contributed by atoms with Gasteiger partial charge in [0.05, 0.1) is 7.11 Å². The van der Waals surface area contributed by atoms with Gasteiger partial charge >= 0.3 is 5.97 Å². The molecule has 0 rings (SSSR count).